The molecular formula is C71H70BN3OSi. The lowest BCUT2D eigenvalue weighted by molar-refractivity contribution is 0.589. The van der Waals surface area contributed by atoms with Crippen molar-refractivity contribution in [1.82, 2.24) is 4.98 Å². The van der Waals surface area contributed by atoms with Gasteiger partial charge in [-0.2, -0.15) is 0 Å². The number of oxazole rings is 1. The van der Waals surface area contributed by atoms with Gasteiger partial charge in [-0.3, -0.25) is 0 Å². The molecule has 10 aromatic rings. The molecule has 6 heteroatoms. The van der Waals surface area contributed by atoms with Crippen LogP contribution in [0.2, 0.25) is 0 Å². The van der Waals surface area contributed by atoms with E-state index >= 15 is 0 Å². The molecule has 4 nitrogen and oxygen atoms in total. The van der Waals surface area contributed by atoms with Gasteiger partial charge < -0.3 is 14.2 Å². The standard InChI is InChI=1S/C71H70BN3OSi/c1-68(2,3)48-30-28-47(29-31-48)67-73-60-45-59-62(46-65(60)76-67)75(53-39-34-50(35-40-53)70(7,8)9)64-44-57(77(54-22-16-13-17-23-54,55-24-18-14-19-25-55)56-26-20-15-21-27-56)43-63-66(64)72(59)58-42-51(71(10,11)12)36-41-61(58)74(63)52-37-32-49(33-38-52)69(4,5)6/h13-46H,1-12H3. The van der Waals surface area contributed by atoms with Gasteiger partial charge in [0.2, 0.25) is 5.89 Å². The maximum atomic E-state index is 6.94. The van der Waals surface area contributed by atoms with E-state index in [1.54, 1.807) is 0 Å². The molecule has 382 valence electrons. The third-order valence-corrected chi connectivity index (χ3v) is 21.2. The van der Waals surface area contributed by atoms with Crippen molar-refractivity contribution in [1.29, 1.82) is 0 Å². The minimum Gasteiger partial charge on any atom is -0.436 e. The van der Waals surface area contributed by atoms with E-state index < -0.39 is 8.07 Å². The van der Waals surface area contributed by atoms with Gasteiger partial charge in [-0.1, -0.05) is 223 Å². The Bertz CT molecular complexity index is 3720. The van der Waals surface area contributed by atoms with E-state index in [-0.39, 0.29) is 28.4 Å². The Labute approximate surface area is 458 Å². The van der Waals surface area contributed by atoms with Crippen molar-refractivity contribution in [2.75, 3.05) is 9.80 Å². The number of nitrogens with zero attached hydrogens (tertiary/aromatic N) is 3. The molecule has 0 bridgehead atoms. The van der Waals surface area contributed by atoms with Crippen LogP contribution in [0.25, 0.3) is 22.6 Å². The first-order chi connectivity index (χ1) is 36.7. The summed E-state index contributed by atoms with van der Waals surface area (Å²) in [6.07, 6.45) is 0. The first kappa shape index (κ1) is 50.2. The average molecular weight is 1020 g/mol. The number of hydrogen-bond acceptors (Lipinski definition) is 4. The molecule has 2 aliphatic heterocycles. The van der Waals surface area contributed by atoms with Gasteiger partial charge in [-0.15, -0.1) is 0 Å². The molecule has 0 aliphatic carbocycles. The Kier molecular flexibility index (Phi) is 11.9. The summed E-state index contributed by atoms with van der Waals surface area (Å²) >= 11 is 0. The number of rotatable bonds is 7. The number of anilines is 6. The molecule has 9 aromatic carbocycles. The molecule has 0 saturated carbocycles. The number of aromatic nitrogens is 1. The van der Waals surface area contributed by atoms with Gasteiger partial charge in [0, 0.05) is 45.8 Å². The van der Waals surface area contributed by atoms with E-state index in [0.29, 0.717) is 5.89 Å². The molecule has 0 radical (unpaired) electrons. The van der Waals surface area contributed by atoms with Gasteiger partial charge in [-0.05, 0) is 142 Å². The lowest BCUT2D eigenvalue weighted by Gasteiger charge is -2.46. The molecule has 12 rings (SSSR count). The number of hydrogen-bond donors (Lipinski definition) is 0. The molecular weight excluding hydrogens is 950 g/mol. The average Bonchev–Trinajstić information content (AvgIpc) is 3.92. The lowest BCUT2D eigenvalue weighted by atomic mass is 9.33. The summed E-state index contributed by atoms with van der Waals surface area (Å²) in [5, 5.41) is 5.30. The van der Waals surface area contributed by atoms with E-state index in [1.165, 1.54) is 70.8 Å². The topological polar surface area (TPSA) is 32.5 Å². The molecule has 2 aliphatic rings. The normalized spacial score (nSPS) is 13.6. The summed E-state index contributed by atoms with van der Waals surface area (Å²) in [5.74, 6) is 0.623. The molecule has 0 amide bonds. The monoisotopic (exact) mass is 1020 g/mol. The van der Waals surface area contributed by atoms with Gasteiger partial charge in [0.15, 0.2) is 13.7 Å². The summed E-state index contributed by atoms with van der Waals surface area (Å²) in [6, 6.07) is 78.7. The van der Waals surface area contributed by atoms with Crippen LogP contribution in [0.1, 0.15) is 105 Å². The summed E-state index contributed by atoms with van der Waals surface area (Å²) in [5.41, 5.74) is 18.2. The Morgan fingerprint density at radius 3 is 1.22 bits per heavy atom. The SMILES string of the molecule is CC(C)(C)c1ccc(-c2nc3cc4c(cc3o2)N(c2ccc(C(C)(C)C)cc2)c2cc([Si](c3ccccc3)(c3ccccc3)c3ccccc3)cc3c2B4c2cc(C(C)(C)C)ccc2N3c2ccc(C(C)(C)C)cc2)cc1. The zero-order valence-corrected chi connectivity index (χ0v) is 48.0. The molecule has 0 N–H and O–H groups in total. The molecule has 0 fully saturated rings. The zero-order chi connectivity index (χ0) is 53.8. The predicted molar refractivity (Wildman–Crippen MR) is 332 cm³/mol. The van der Waals surface area contributed by atoms with Crippen LogP contribution in [0.4, 0.5) is 34.1 Å². The fraction of sp³-hybridized carbons (Fsp3) is 0.225. The fourth-order valence-corrected chi connectivity index (χ4v) is 17.0. The van der Waals surface area contributed by atoms with E-state index in [1.807, 2.05) is 0 Å². The molecule has 0 saturated heterocycles. The zero-order valence-electron chi connectivity index (χ0n) is 47.0. The van der Waals surface area contributed by atoms with Gasteiger partial charge in [0.1, 0.15) is 5.52 Å². The third-order valence-electron chi connectivity index (χ3n) is 16.5. The van der Waals surface area contributed by atoms with Crippen LogP contribution in [0.15, 0.2) is 211 Å². The molecule has 0 spiro atoms. The van der Waals surface area contributed by atoms with Gasteiger partial charge in [0.05, 0.1) is 0 Å². The van der Waals surface area contributed by atoms with Crippen LogP contribution in [-0.4, -0.2) is 19.8 Å². The van der Waals surface area contributed by atoms with E-state index in [2.05, 4.69) is 299 Å². The van der Waals surface area contributed by atoms with Crippen LogP contribution in [0.3, 0.4) is 0 Å². The Balaban J connectivity index is 1.23. The summed E-state index contributed by atoms with van der Waals surface area (Å²) < 4.78 is 6.94. The maximum absolute atomic E-state index is 6.94. The van der Waals surface area contributed by atoms with Crippen LogP contribution < -0.4 is 46.9 Å². The highest BCUT2D eigenvalue weighted by Gasteiger charge is 2.48. The van der Waals surface area contributed by atoms with Gasteiger partial charge >= 0.3 is 0 Å². The quantitative estimate of drug-likeness (QED) is 0.118. The van der Waals surface area contributed by atoms with Gasteiger partial charge in [0.25, 0.3) is 6.71 Å². The van der Waals surface area contributed by atoms with Crippen molar-refractivity contribution < 1.29 is 4.42 Å². The van der Waals surface area contributed by atoms with Crippen molar-refractivity contribution in [2.45, 2.75) is 105 Å². The minimum absolute atomic E-state index is 0.00861. The van der Waals surface area contributed by atoms with Crippen molar-refractivity contribution >= 4 is 97.1 Å². The second-order valence-corrected chi connectivity index (χ2v) is 29.5. The summed E-state index contributed by atoms with van der Waals surface area (Å²) in [7, 11) is -3.13. The highest BCUT2D eigenvalue weighted by Crippen LogP contribution is 2.46. The first-order valence-electron chi connectivity index (χ1n) is 27.6. The lowest BCUT2D eigenvalue weighted by Crippen LogP contribution is -2.75. The maximum Gasteiger partial charge on any atom is 0.252 e. The highest BCUT2D eigenvalue weighted by atomic mass is 28.3. The van der Waals surface area contributed by atoms with Crippen LogP contribution in [0.5, 0.6) is 0 Å². The second-order valence-electron chi connectivity index (χ2n) is 25.7. The van der Waals surface area contributed by atoms with E-state index in [9.17, 15) is 0 Å². The summed E-state index contributed by atoms with van der Waals surface area (Å²) in [6.45, 7) is 27.4. The van der Waals surface area contributed by atoms with Crippen molar-refractivity contribution in [3.63, 3.8) is 0 Å². The van der Waals surface area contributed by atoms with Crippen LogP contribution >= 0.6 is 0 Å². The number of benzene rings is 9. The number of fused-ring (bicyclic) bond motifs is 5. The van der Waals surface area contributed by atoms with Crippen LogP contribution in [-0.2, 0) is 21.7 Å². The van der Waals surface area contributed by atoms with E-state index in [4.69, 9.17) is 9.40 Å². The Morgan fingerprint density at radius 2 is 0.779 bits per heavy atom. The molecule has 0 unspecified atom stereocenters. The highest BCUT2D eigenvalue weighted by molar-refractivity contribution is 7.20. The van der Waals surface area contributed by atoms with Crippen molar-refractivity contribution in [3.05, 3.63) is 229 Å². The fourth-order valence-electron chi connectivity index (χ4n) is 12.2. The first-order valence-corrected chi connectivity index (χ1v) is 29.6. The van der Waals surface area contributed by atoms with Crippen molar-refractivity contribution in [3.8, 4) is 11.5 Å². The Morgan fingerprint density at radius 1 is 0.377 bits per heavy atom. The minimum atomic E-state index is -3.13. The third kappa shape index (κ3) is 8.57. The smallest absolute Gasteiger partial charge is 0.252 e. The second kappa shape index (κ2) is 18.2. The van der Waals surface area contributed by atoms with E-state index in [0.717, 1.165) is 39.4 Å². The van der Waals surface area contributed by atoms with Gasteiger partial charge in [-0.25, -0.2) is 4.98 Å². The molecule has 0 atom stereocenters. The van der Waals surface area contributed by atoms with Crippen LogP contribution in [0, 0.1) is 0 Å². The Hall–Kier alpha value is -7.67. The molecule has 1 aromatic heterocycles. The summed E-state index contributed by atoms with van der Waals surface area (Å²) in [4.78, 5) is 10.5. The molecule has 3 heterocycles. The predicted octanol–water partition coefficient (Wildman–Crippen LogP) is 14.1. The largest absolute Gasteiger partial charge is 0.436 e. The van der Waals surface area contributed by atoms with Crippen molar-refractivity contribution in [2.24, 2.45) is 0 Å². The molecule has 77 heavy (non-hydrogen) atoms.